The van der Waals surface area contributed by atoms with E-state index in [1.54, 1.807) is 6.07 Å². The van der Waals surface area contributed by atoms with Gasteiger partial charge >= 0.3 is 0 Å². The quantitative estimate of drug-likeness (QED) is 0.710. The van der Waals surface area contributed by atoms with Crippen molar-refractivity contribution in [1.82, 2.24) is 5.32 Å². The molecule has 1 aromatic carbocycles. The topological polar surface area (TPSA) is 12.0 Å². The Balaban J connectivity index is 2.28. The van der Waals surface area contributed by atoms with Gasteiger partial charge in [0.25, 0.3) is 0 Å². The summed E-state index contributed by atoms with van der Waals surface area (Å²) in [6.07, 6.45) is 3.40. The Bertz CT molecular complexity index is 297. The van der Waals surface area contributed by atoms with Gasteiger partial charge in [-0.1, -0.05) is 19.1 Å². The average molecular weight is 209 g/mol. The maximum atomic E-state index is 13.0. The largest absolute Gasteiger partial charge is 0.317 e. The third-order valence-corrected chi connectivity index (χ3v) is 2.54. The van der Waals surface area contributed by atoms with Crippen LogP contribution in [-0.4, -0.2) is 13.1 Å². The molecular formula is C13H20FN. The van der Waals surface area contributed by atoms with Crippen molar-refractivity contribution >= 4 is 0 Å². The lowest BCUT2D eigenvalue weighted by Crippen LogP contribution is -2.13. The Morgan fingerprint density at radius 2 is 2.07 bits per heavy atom. The van der Waals surface area contributed by atoms with Crippen molar-refractivity contribution in [2.75, 3.05) is 13.1 Å². The fourth-order valence-corrected chi connectivity index (χ4v) is 1.62. The van der Waals surface area contributed by atoms with Crippen LogP contribution in [0.3, 0.4) is 0 Å². The van der Waals surface area contributed by atoms with E-state index < -0.39 is 0 Å². The Kier molecular flexibility index (Phi) is 5.33. The van der Waals surface area contributed by atoms with Crippen molar-refractivity contribution in [1.29, 1.82) is 0 Å². The molecule has 0 radical (unpaired) electrons. The number of aryl methyl sites for hydroxylation is 2. The first kappa shape index (κ1) is 12.2. The van der Waals surface area contributed by atoms with Crippen molar-refractivity contribution in [3.05, 3.63) is 35.1 Å². The maximum absolute atomic E-state index is 13.0. The molecule has 1 aromatic rings. The number of rotatable bonds is 6. The smallest absolute Gasteiger partial charge is 0.126 e. The zero-order chi connectivity index (χ0) is 11.1. The molecule has 0 amide bonds. The second-order valence-corrected chi connectivity index (χ2v) is 3.89. The molecule has 0 unspecified atom stereocenters. The lowest BCUT2D eigenvalue weighted by Gasteiger charge is -2.04. The Morgan fingerprint density at radius 1 is 1.27 bits per heavy atom. The maximum Gasteiger partial charge on any atom is 0.126 e. The molecule has 0 aromatic heterocycles. The predicted octanol–water partition coefficient (Wildman–Crippen LogP) is 3.07. The SMILES string of the molecule is CCNCCCCc1ccc(F)c(C)c1. The summed E-state index contributed by atoms with van der Waals surface area (Å²) in [5.41, 5.74) is 1.99. The highest BCUT2D eigenvalue weighted by atomic mass is 19.1. The molecule has 0 spiro atoms. The molecular weight excluding hydrogens is 189 g/mol. The van der Waals surface area contributed by atoms with Crippen molar-refractivity contribution in [3.8, 4) is 0 Å². The van der Waals surface area contributed by atoms with Crippen LogP contribution in [0.5, 0.6) is 0 Å². The fourth-order valence-electron chi connectivity index (χ4n) is 1.62. The van der Waals surface area contributed by atoms with Gasteiger partial charge in [-0.3, -0.25) is 0 Å². The monoisotopic (exact) mass is 209 g/mol. The van der Waals surface area contributed by atoms with Gasteiger partial charge in [-0.15, -0.1) is 0 Å². The molecule has 0 saturated carbocycles. The molecule has 84 valence electrons. The number of halogens is 1. The van der Waals surface area contributed by atoms with Crippen molar-refractivity contribution in [2.24, 2.45) is 0 Å². The second kappa shape index (κ2) is 6.57. The van der Waals surface area contributed by atoms with Crippen LogP contribution in [0.15, 0.2) is 18.2 Å². The van der Waals surface area contributed by atoms with E-state index in [0.717, 1.165) is 31.5 Å². The first-order valence-electron chi connectivity index (χ1n) is 5.69. The summed E-state index contributed by atoms with van der Waals surface area (Å²) >= 11 is 0. The average Bonchev–Trinajstić information content (AvgIpc) is 2.23. The number of hydrogen-bond donors (Lipinski definition) is 1. The highest BCUT2D eigenvalue weighted by molar-refractivity contribution is 5.23. The minimum absolute atomic E-state index is 0.105. The summed E-state index contributed by atoms with van der Waals surface area (Å²) in [7, 11) is 0. The minimum atomic E-state index is -0.105. The molecule has 0 saturated heterocycles. The zero-order valence-electron chi connectivity index (χ0n) is 9.65. The Morgan fingerprint density at radius 3 is 2.73 bits per heavy atom. The van der Waals surface area contributed by atoms with Crippen LogP contribution in [-0.2, 0) is 6.42 Å². The van der Waals surface area contributed by atoms with Crippen LogP contribution in [0.2, 0.25) is 0 Å². The van der Waals surface area contributed by atoms with E-state index in [4.69, 9.17) is 0 Å². The van der Waals surface area contributed by atoms with Crippen molar-refractivity contribution in [2.45, 2.75) is 33.1 Å². The molecule has 1 nitrogen and oxygen atoms in total. The number of hydrogen-bond acceptors (Lipinski definition) is 1. The summed E-state index contributed by atoms with van der Waals surface area (Å²) in [6, 6.07) is 5.40. The van der Waals surface area contributed by atoms with E-state index >= 15 is 0 Å². The predicted molar refractivity (Wildman–Crippen MR) is 62.6 cm³/mol. The van der Waals surface area contributed by atoms with Gasteiger partial charge in [0.1, 0.15) is 5.82 Å². The van der Waals surface area contributed by atoms with Gasteiger partial charge in [0.05, 0.1) is 0 Å². The summed E-state index contributed by atoms with van der Waals surface area (Å²) < 4.78 is 13.0. The molecule has 1 N–H and O–H groups in total. The van der Waals surface area contributed by atoms with Crippen molar-refractivity contribution < 1.29 is 4.39 Å². The van der Waals surface area contributed by atoms with Crippen LogP contribution in [0.25, 0.3) is 0 Å². The summed E-state index contributed by atoms with van der Waals surface area (Å²) in [4.78, 5) is 0. The van der Waals surface area contributed by atoms with Crippen LogP contribution in [0.1, 0.15) is 30.9 Å². The molecule has 0 atom stereocenters. The highest BCUT2D eigenvalue weighted by Crippen LogP contribution is 2.11. The summed E-state index contributed by atoms with van der Waals surface area (Å²) in [5.74, 6) is -0.105. The molecule has 15 heavy (non-hydrogen) atoms. The van der Waals surface area contributed by atoms with E-state index in [0.29, 0.717) is 0 Å². The Labute approximate surface area is 91.7 Å². The molecule has 0 heterocycles. The minimum Gasteiger partial charge on any atom is -0.317 e. The van der Waals surface area contributed by atoms with Gasteiger partial charge < -0.3 is 5.32 Å². The number of benzene rings is 1. The van der Waals surface area contributed by atoms with Gasteiger partial charge in [-0.2, -0.15) is 0 Å². The third-order valence-electron chi connectivity index (χ3n) is 2.54. The molecule has 0 bridgehead atoms. The molecule has 2 heteroatoms. The zero-order valence-corrected chi connectivity index (χ0v) is 9.65. The van der Waals surface area contributed by atoms with Gasteiger partial charge in [0, 0.05) is 0 Å². The van der Waals surface area contributed by atoms with Crippen LogP contribution >= 0.6 is 0 Å². The first-order chi connectivity index (χ1) is 7.24. The van der Waals surface area contributed by atoms with E-state index in [1.165, 1.54) is 12.0 Å². The second-order valence-electron chi connectivity index (χ2n) is 3.89. The first-order valence-corrected chi connectivity index (χ1v) is 5.69. The van der Waals surface area contributed by atoms with Crippen LogP contribution in [0, 0.1) is 12.7 Å². The number of unbranched alkanes of at least 4 members (excludes halogenated alkanes) is 1. The normalized spacial score (nSPS) is 10.6. The van der Waals surface area contributed by atoms with E-state index in [1.807, 2.05) is 19.1 Å². The van der Waals surface area contributed by atoms with Gasteiger partial charge in [-0.05, 0) is 56.5 Å². The molecule has 0 aliphatic heterocycles. The van der Waals surface area contributed by atoms with E-state index in [-0.39, 0.29) is 5.82 Å². The Hall–Kier alpha value is -0.890. The standard InChI is InChI=1S/C13H20FN/c1-3-15-9-5-4-6-12-7-8-13(14)11(2)10-12/h7-8,10,15H,3-6,9H2,1-2H3. The molecule has 0 fully saturated rings. The van der Waals surface area contributed by atoms with Crippen LogP contribution < -0.4 is 5.32 Å². The van der Waals surface area contributed by atoms with Gasteiger partial charge in [-0.25, -0.2) is 4.39 Å². The van der Waals surface area contributed by atoms with Gasteiger partial charge in [0.15, 0.2) is 0 Å². The molecule has 1 rings (SSSR count). The lowest BCUT2D eigenvalue weighted by atomic mass is 10.1. The lowest BCUT2D eigenvalue weighted by molar-refractivity contribution is 0.615. The number of nitrogens with one attached hydrogen (secondary N) is 1. The van der Waals surface area contributed by atoms with Crippen molar-refractivity contribution in [3.63, 3.8) is 0 Å². The van der Waals surface area contributed by atoms with Crippen LogP contribution in [0.4, 0.5) is 4.39 Å². The molecule has 0 aliphatic rings. The summed E-state index contributed by atoms with van der Waals surface area (Å²) in [6.45, 7) is 6.05. The summed E-state index contributed by atoms with van der Waals surface area (Å²) in [5, 5.41) is 3.30. The fraction of sp³-hybridized carbons (Fsp3) is 0.538. The molecule has 0 aliphatic carbocycles. The van der Waals surface area contributed by atoms with Gasteiger partial charge in [0.2, 0.25) is 0 Å². The third kappa shape index (κ3) is 4.43. The van der Waals surface area contributed by atoms with E-state index in [2.05, 4.69) is 12.2 Å². The highest BCUT2D eigenvalue weighted by Gasteiger charge is 1.98. The van der Waals surface area contributed by atoms with E-state index in [9.17, 15) is 4.39 Å².